The van der Waals surface area contributed by atoms with Crippen LogP contribution in [0.25, 0.3) is 0 Å². The van der Waals surface area contributed by atoms with Gasteiger partial charge in [0, 0.05) is 18.3 Å². The maximum Gasteiger partial charge on any atom is 0.299 e. The number of hydrogen-bond acceptors (Lipinski definition) is 5. The van der Waals surface area contributed by atoms with E-state index in [4.69, 9.17) is 0 Å². The van der Waals surface area contributed by atoms with Gasteiger partial charge in [-0.3, -0.25) is 20.2 Å². The predicted molar refractivity (Wildman–Crippen MR) is 76.9 cm³/mol. The summed E-state index contributed by atoms with van der Waals surface area (Å²) >= 11 is 0. The molecule has 0 saturated heterocycles. The molecule has 0 fully saturated rings. The molecular weight excluding hydrogens is 274 g/mol. The Morgan fingerprint density at radius 2 is 1.71 bits per heavy atom. The van der Waals surface area contributed by atoms with Crippen LogP contribution in [-0.4, -0.2) is 16.4 Å². The zero-order valence-electron chi connectivity index (χ0n) is 10.9. The summed E-state index contributed by atoms with van der Waals surface area (Å²) in [6.45, 7) is 0.623. The standard InChI is InChI=1S/C14H11N3O4/c18-16(19)11-5-6-13(14(9-11)17(20)21)15-8-7-10-3-1-2-4-12(10)15/h1-6,9H,7-8H2. The Balaban J connectivity index is 2.11. The van der Waals surface area contributed by atoms with Gasteiger partial charge in [-0.25, -0.2) is 0 Å². The lowest BCUT2D eigenvalue weighted by atomic mass is 10.1. The van der Waals surface area contributed by atoms with Crippen molar-refractivity contribution < 1.29 is 9.85 Å². The molecule has 0 unspecified atom stereocenters. The second kappa shape index (κ2) is 4.86. The van der Waals surface area contributed by atoms with Gasteiger partial charge in [0.2, 0.25) is 0 Å². The van der Waals surface area contributed by atoms with Crippen molar-refractivity contribution in [3.63, 3.8) is 0 Å². The summed E-state index contributed by atoms with van der Waals surface area (Å²) in [5, 5.41) is 22.0. The van der Waals surface area contributed by atoms with Crippen molar-refractivity contribution in [1.29, 1.82) is 0 Å². The van der Waals surface area contributed by atoms with Crippen LogP contribution in [0, 0.1) is 20.2 Å². The summed E-state index contributed by atoms with van der Waals surface area (Å²) in [5.41, 5.74) is 1.88. The number of non-ortho nitro benzene ring substituents is 1. The fraction of sp³-hybridized carbons (Fsp3) is 0.143. The third-order valence-corrected chi connectivity index (χ3v) is 3.54. The molecule has 0 amide bonds. The third-order valence-electron chi connectivity index (χ3n) is 3.54. The summed E-state index contributed by atoms with van der Waals surface area (Å²) in [4.78, 5) is 22.6. The van der Waals surface area contributed by atoms with Crippen LogP contribution >= 0.6 is 0 Å². The number of nitro groups is 2. The van der Waals surface area contributed by atoms with Crippen LogP contribution in [0.3, 0.4) is 0 Å². The summed E-state index contributed by atoms with van der Waals surface area (Å²) in [7, 11) is 0. The van der Waals surface area contributed by atoms with E-state index in [9.17, 15) is 20.2 Å². The molecule has 0 saturated carbocycles. The highest BCUT2D eigenvalue weighted by atomic mass is 16.6. The van der Waals surface area contributed by atoms with Crippen molar-refractivity contribution in [2.75, 3.05) is 11.4 Å². The molecule has 0 aromatic heterocycles. The molecule has 7 nitrogen and oxygen atoms in total. The molecular formula is C14H11N3O4. The van der Waals surface area contributed by atoms with Crippen molar-refractivity contribution >= 4 is 22.7 Å². The second-order valence-electron chi connectivity index (χ2n) is 4.72. The Labute approximate surface area is 119 Å². The fourth-order valence-corrected chi connectivity index (χ4v) is 2.59. The summed E-state index contributed by atoms with van der Waals surface area (Å²) < 4.78 is 0. The number of anilines is 2. The number of rotatable bonds is 3. The minimum Gasteiger partial charge on any atom is -0.335 e. The van der Waals surface area contributed by atoms with E-state index in [0.717, 1.165) is 23.7 Å². The summed E-state index contributed by atoms with van der Waals surface area (Å²) in [6.07, 6.45) is 0.796. The Bertz CT molecular complexity index is 745. The van der Waals surface area contributed by atoms with Crippen LogP contribution in [0.15, 0.2) is 42.5 Å². The lowest BCUT2D eigenvalue weighted by molar-refractivity contribution is -0.393. The average molecular weight is 285 g/mol. The third kappa shape index (κ3) is 2.18. The number of nitrogens with zero attached hydrogens (tertiary/aromatic N) is 3. The van der Waals surface area contributed by atoms with Crippen LogP contribution < -0.4 is 4.90 Å². The van der Waals surface area contributed by atoms with Crippen molar-refractivity contribution in [3.8, 4) is 0 Å². The lowest BCUT2D eigenvalue weighted by Gasteiger charge is -2.19. The highest BCUT2D eigenvalue weighted by Crippen LogP contribution is 2.40. The topological polar surface area (TPSA) is 89.5 Å². The number of hydrogen-bond donors (Lipinski definition) is 0. The first-order chi connectivity index (χ1) is 10.1. The number of benzene rings is 2. The molecule has 1 heterocycles. The summed E-state index contributed by atoms with van der Waals surface area (Å²) in [6, 6.07) is 11.4. The van der Waals surface area contributed by atoms with Crippen LogP contribution in [0.1, 0.15) is 5.56 Å². The largest absolute Gasteiger partial charge is 0.335 e. The van der Waals surface area contributed by atoms with Gasteiger partial charge in [-0.1, -0.05) is 18.2 Å². The van der Waals surface area contributed by atoms with E-state index in [2.05, 4.69) is 0 Å². The molecule has 2 aromatic rings. The van der Waals surface area contributed by atoms with Gasteiger partial charge in [0.15, 0.2) is 0 Å². The lowest BCUT2D eigenvalue weighted by Crippen LogP contribution is -2.15. The fourth-order valence-electron chi connectivity index (χ4n) is 2.59. The highest BCUT2D eigenvalue weighted by molar-refractivity contribution is 5.77. The van der Waals surface area contributed by atoms with Gasteiger partial charge in [-0.05, 0) is 24.1 Å². The van der Waals surface area contributed by atoms with Gasteiger partial charge in [-0.2, -0.15) is 0 Å². The monoisotopic (exact) mass is 285 g/mol. The molecule has 0 atom stereocenters. The number of fused-ring (bicyclic) bond motifs is 1. The molecule has 3 rings (SSSR count). The smallest absolute Gasteiger partial charge is 0.299 e. The molecule has 7 heteroatoms. The van der Waals surface area contributed by atoms with Gasteiger partial charge in [0.25, 0.3) is 11.4 Å². The van der Waals surface area contributed by atoms with Crippen LogP contribution in [0.2, 0.25) is 0 Å². The first-order valence-electron chi connectivity index (χ1n) is 6.36. The molecule has 2 aromatic carbocycles. The maximum absolute atomic E-state index is 11.2. The highest BCUT2D eigenvalue weighted by Gasteiger charge is 2.28. The van der Waals surface area contributed by atoms with Gasteiger partial charge in [0.1, 0.15) is 5.69 Å². The predicted octanol–water partition coefficient (Wildman–Crippen LogP) is 3.20. The SMILES string of the molecule is O=[N+]([O-])c1ccc(N2CCc3ccccc32)c([N+](=O)[O-])c1. The van der Waals surface area contributed by atoms with E-state index < -0.39 is 9.85 Å². The minimum atomic E-state index is -0.630. The minimum absolute atomic E-state index is 0.249. The number of para-hydroxylation sites is 1. The molecule has 0 N–H and O–H groups in total. The molecule has 1 aliphatic heterocycles. The van der Waals surface area contributed by atoms with E-state index in [-0.39, 0.29) is 11.4 Å². The second-order valence-corrected chi connectivity index (χ2v) is 4.72. The first-order valence-corrected chi connectivity index (χ1v) is 6.36. The van der Waals surface area contributed by atoms with Gasteiger partial charge in [-0.15, -0.1) is 0 Å². The van der Waals surface area contributed by atoms with E-state index in [0.29, 0.717) is 12.2 Å². The normalized spacial score (nSPS) is 13.0. The molecule has 106 valence electrons. The maximum atomic E-state index is 11.2. The van der Waals surface area contributed by atoms with Crippen LogP contribution in [-0.2, 0) is 6.42 Å². The zero-order valence-corrected chi connectivity index (χ0v) is 10.9. The molecule has 0 bridgehead atoms. The Morgan fingerprint density at radius 1 is 0.952 bits per heavy atom. The molecule has 1 aliphatic rings. The molecule has 0 aliphatic carbocycles. The summed E-state index contributed by atoms with van der Waals surface area (Å²) in [5.74, 6) is 0. The van der Waals surface area contributed by atoms with E-state index in [1.807, 2.05) is 29.2 Å². The van der Waals surface area contributed by atoms with E-state index in [1.165, 1.54) is 12.1 Å². The van der Waals surface area contributed by atoms with E-state index >= 15 is 0 Å². The van der Waals surface area contributed by atoms with Gasteiger partial charge in [0.05, 0.1) is 15.9 Å². The van der Waals surface area contributed by atoms with Crippen LogP contribution in [0.4, 0.5) is 22.7 Å². The Morgan fingerprint density at radius 3 is 2.43 bits per heavy atom. The Hall–Kier alpha value is -2.96. The van der Waals surface area contributed by atoms with Crippen molar-refractivity contribution in [1.82, 2.24) is 0 Å². The molecule has 21 heavy (non-hydrogen) atoms. The first kappa shape index (κ1) is 13.0. The van der Waals surface area contributed by atoms with Crippen LogP contribution in [0.5, 0.6) is 0 Å². The van der Waals surface area contributed by atoms with E-state index in [1.54, 1.807) is 0 Å². The van der Waals surface area contributed by atoms with Crippen molar-refractivity contribution in [2.45, 2.75) is 6.42 Å². The molecule has 0 radical (unpaired) electrons. The molecule has 0 spiro atoms. The van der Waals surface area contributed by atoms with Crippen molar-refractivity contribution in [2.24, 2.45) is 0 Å². The average Bonchev–Trinajstić information content (AvgIpc) is 2.90. The number of nitro benzene ring substituents is 2. The van der Waals surface area contributed by atoms with Gasteiger partial charge >= 0.3 is 0 Å². The quantitative estimate of drug-likeness (QED) is 0.638. The van der Waals surface area contributed by atoms with Crippen molar-refractivity contribution in [3.05, 3.63) is 68.3 Å². The Kier molecular flexibility index (Phi) is 3.02. The zero-order chi connectivity index (χ0) is 15.0. The van der Waals surface area contributed by atoms with Gasteiger partial charge < -0.3 is 4.90 Å².